The Morgan fingerprint density at radius 3 is 2.88 bits per heavy atom. The zero-order valence-corrected chi connectivity index (χ0v) is 10.7. The molecule has 1 aromatic heterocycles. The lowest BCUT2D eigenvalue weighted by Gasteiger charge is -2.08. The smallest absolute Gasteiger partial charge is 0.217 e. The van der Waals surface area contributed by atoms with Crippen LogP contribution in [-0.2, 0) is 4.79 Å². The molecule has 1 unspecified atom stereocenters. The molecule has 16 heavy (non-hydrogen) atoms. The fraction of sp³-hybridized carbons (Fsp3) is 0.250. The molecule has 1 amide bonds. The first kappa shape index (κ1) is 11.2. The fourth-order valence-electron chi connectivity index (χ4n) is 1.62. The van der Waals surface area contributed by atoms with Gasteiger partial charge in [0.1, 0.15) is 11.3 Å². The van der Waals surface area contributed by atoms with Gasteiger partial charge in [-0.2, -0.15) is 0 Å². The summed E-state index contributed by atoms with van der Waals surface area (Å²) < 4.78 is 6.66. The van der Waals surface area contributed by atoms with E-state index in [4.69, 9.17) is 4.42 Å². The number of rotatable bonds is 2. The van der Waals surface area contributed by atoms with Crippen LogP contribution in [0.5, 0.6) is 0 Å². The van der Waals surface area contributed by atoms with Gasteiger partial charge in [0.15, 0.2) is 0 Å². The van der Waals surface area contributed by atoms with Gasteiger partial charge in [-0.25, -0.2) is 0 Å². The van der Waals surface area contributed by atoms with Crippen LogP contribution in [0.1, 0.15) is 25.6 Å². The molecule has 0 bridgehead atoms. The standard InChI is InChI=1S/C12H12BrNO2/c1-7(14-8(2)15)12-6-9-5-10(13)3-4-11(9)16-12/h3-7H,1-2H3,(H,14,15). The third-order valence-electron chi connectivity index (χ3n) is 2.34. The van der Waals surface area contributed by atoms with Gasteiger partial charge in [0.05, 0.1) is 6.04 Å². The second-order valence-corrected chi connectivity index (χ2v) is 4.67. The van der Waals surface area contributed by atoms with E-state index in [-0.39, 0.29) is 11.9 Å². The largest absolute Gasteiger partial charge is 0.459 e. The van der Waals surface area contributed by atoms with Crippen molar-refractivity contribution in [3.8, 4) is 0 Å². The molecule has 2 aromatic rings. The van der Waals surface area contributed by atoms with E-state index in [1.165, 1.54) is 6.92 Å². The van der Waals surface area contributed by atoms with Crippen LogP contribution in [0, 0.1) is 0 Å². The highest BCUT2D eigenvalue weighted by Crippen LogP contribution is 2.26. The average molecular weight is 282 g/mol. The first-order chi connectivity index (χ1) is 7.56. The number of halogens is 1. The van der Waals surface area contributed by atoms with Crippen molar-refractivity contribution in [2.75, 3.05) is 0 Å². The van der Waals surface area contributed by atoms with Crippen molar-refractivity contribution in [1.82, 2.24) is 5.32 Å². The van der Waals surface area contributed by atoms with Crippen molar-refractivity contribution in [1.29, 1.82) is 0 Å². The third kappa shape index (κ3) is 2.27. The van der Waals surface area contributed by atoms with Crippen molar-refractivity contribution in [3.63, 3.8) is 0 Å². The minimum atomic E-state index is -0.108. The SMILES string of the molecule is CC(=O)NC(C)c1cc2cc(Br)ccc2o1. The van der Waals surface area contributed by atoms with Crippen LogP contribution in [0.15, 0.2) is 33.2 Å². The molecular weight excluding hydrogens is 270 g/mol. The van der Waals surface area contributed by atoms with Gasteiger partial charge in [0, 0.05) is 16.8 Å². The first-order valence-electron chi connectivity index (χ1n) is 5.02. The average Bonchev–Trinajstić information content (AvgIpc) is 2.59. The number of hydrogen-bond donors (Lipinski definition) is 1. The first-order valence-corrected chi connectivity index (χ1v) is 5.81. The third-order valence-corrected chi connectivity index (χ3v) is 2.84. The summed E-state index contributed by atoms with van der Waals surface area (Å²) in [7, 11) is 0. The molecule has 3 nitrogen and oxygen atoms in total. The molecule has 2 rings (SSSR count). The molecule has 0 aliphatic heterocycles. The number of fused-ring (bicyclic) bond motifs is 1. The highest BCUT2D eigenvalue weighted by Gasteiger charge is 2.12. The number of amides is 1. The summed E-state index contributed by atoms with van der Waals surface area (Å²) in [5, 5.41) is 3.82. The molecule has 84 valence electrons. The number of carbonyl (C=O) groups excluding carboxylic acids is 1. The normalized spacial score (nSPS) is 12.7. The van der Waals surface area contributed by atoms with E-state index < -0.39 is 0 Å². The highest BCUT2D eigenvalue weighted by atomic mass is 79.9. The number of nitrogens with one attached hydrogen (secondary N) is 1. The van der Waals surface area contributed by atoms with Crippen LogP contribution in [0.3, 0.4) is 0 Å². The molecule has 0 fully saturated rings. The van der Waals surface area contributed by atoms with E-state index in [0.29, 0.717) is 0 Å². The summed E-state index contributed by atoms with van der Waals surface area (Å²) in [6.45, 7) is 3.39. The Bertz CT molecular complexity index is 533. The lowest BCUT2D eigenvalue weighted by molar-refractivity contribution is -0.119. The maximum Gasteiger partial charge on any atom is 0.217 e. The van der Waals surface area contributed by atoms with Crippen LogP contribution < -0.4 is 5.32 Å². The van der Waals surface area contributed by atoms with Gasteiger partial charge in [0.25, 0.3) is 0 Å². The van der Waals surface area contributed by atoms with Crippen LogP contribution >= 0.6 is 15.9 Å². The summed E-state index contributed by atoms with van der Waals surface area (Å²) >= 11 is 3.41. The van der Waals surface area contributed by atoms with Crippen molar-refractivity contribution < 1.29 is 9.21 Å². The number of hydrogen-bond acceptors (Lipinski definition) is 2. The zero-order valence-electron chi connectivity index (χ0n) is 9.08. The fourth-order valence-corrected chi connectivity index (χ4v) is 2.00. The van der Waals surface area contributed by atoms with E-state index in [1.54, 1.807) is 0 Å². The van der Waals surface area contributed by atoms with Gasteiger partial charge >= 0.3 is 0 Å². The van der Waals surface area contributed by atoms with Crippen LogP contribution in [0.4, 0.5) is 0 Å². The molecule has 0 aliphatic rings. The second kappa shape index (κ2) is 4.29. The molecule has 0 saturated carbocycles. The zero-order chi connectivity index (χ0) is 11.7. The molecule has 0 radical (unpaired) electrons. The van der Waals surface area contributed by atoms with E-state index in [0.717, 1.165) is 21.2 Å². The lowest BCUT2D eigenvalue weighted by Crippen LogP contribution is -2.23. The van der Waals surface area contributed by atoms with E-state index >= 15 is 0 Å². The van der Waals surface area contributed by atoms with Crippen molar-refractivity contribution >= 4 is 32.8 Å². The van der Waals surface area contributed by atoms with Crippen LogP contribution in [-0.4, -0.2) is 5.91 Å². The van der Waals surface area contributed by atoms with Crippen LogP contribution in [0.2, 0.25) is 0 Å². The van der Waals surface area contributed by atoms with Crippen molar-refractivity contribution in [2.24, 2.45) is 0 Å². The molecular formula is C12H12BrNO2. The van der Waals surface area contributed by atoms with Crippen LogP contribution in [0.25, 0.3) is 11.0 Å². The Hall–Kier alpha value is -1.29. The molecule has 0 saturated heterocycles. The summed E-state index contributed by atoms with van der Waals surface area (Å²) in [5.74, 6) is 0.706. The second-order valence-electron chi connectivity index (χ2n) is 3.75. The molecule has 4 heteroatoms. The quantitative estimate of drug-likeness (QED) is 0.917. The maximum absolute atomic E-state index is 10.9. The van der Waals surface area contributed by atoms with Gasteiger partial charge in [-0.15, -0.1) is 0 Å². The van der Waals surface area contributed by atoms with Gasteiger partial charge in [-0.3, -0.25) is 4.79 Å². The minimum absolute atomic E-state index is 0.0610. The minimum Gasteiger partial charge on any atom is -0.459 e. The van der Waals surface area contributed by atoms with Gasteiger partial charge in [-0.1, -0.05) is 15.9 Å². The Morgan fingerprint density at radius 2 is 2.19 bits per heavy atom. The predicted molar refractivity (Wildman–Crippen MR) is 66.1 cm³/mol. The number of benzene rings is 1. The lowest BCUT2D eigenvalue weighted by atomic mass is 10.2. The van der Waals surface area contributed by atoms with Gasteiger partial charge in [-0.05, 0) is 31.2 Å². The number of furan rings is 1. The molecule has 1 heterocycles. The summed E-state index contributed by atoms with van der Waals surface area (Å²) in [6.07, 6.45) is 0. The molecule has 0 spiro atoms. The Labute approximate surface area is 102 Å². The summed E-state index contributed by atoms with van der Waals surface area (Å²) in [4.78, 5) is 10.9. The van der Waals surface area contributed by atoms with Crippen molar-refractivity contribution in [2.45, 2.75) is 19.9 Å². The summed E-state index contributed by atoms with van der Waals surface area (Å²) in [5.41, 5.74) is 0.829. The number of carbonyl (C=O) groups is 1. The Kier molecular flexibility index (Phi) is 3.01. The van der Waals surface area contributed by atoms with E-state index in [2.05, 4.69) is 21.2 Å². The topological polar surface area (TPSA) is 42.2 Å². The molecule has 0 aliphatic carbocycles. The Balaban J connectivity index is 2.35. The Morgan fingerprint density at radius 1 is 1.44 bits per heavy atom. The molecule has 1 N–H and O–H groups in total. The predicted octanol–water partition coefficient (Wildman–Crippen LogP) is 3.39. The summed E-state index contributed by atoms with van der Waals surface area (Å²) in [6, 6.07) is 7.66. The van der Waals surface area contributed by atoms with E-state index in [1.807, 2.05) is 31.2 Å². The molecule has 1 atom stereocenters. The van der Waals surface area contributed by atoms with Crippen molar-refractivity contribution in [3.05, 3.63) is 34.5 Å². The van der Waals surface area contributed by atoms with E-state index in [9.17, 15) is 4.79 Å². The highest BCUT2D eigenvalue weighted by molar-refractivity contribution is 9.10. The monoisotopic (exact) mass is 281 g/mol. The van der Waals surface area contributed by atoms with Gasteiger partial charge < -0.3 is 9.73 Å². The maximum atomic E-state index is 10.9. The molecule has 1 aromatic carbocycles. The van der Waals surface area contributed by atoms with Gasteiger partial charge in [0.2, 0.25) is 5.91 Å².